The summed E-state index contributed by atoms with van der Waals surface area (Å²) in [6.45, 7) is 8.65. The lowest BCUT2D eigenvalue weighted by Gasteiger charge is -2.28. The van der Waals surface area contributed by atoms with Crippen LogP contribution in [0.15, 0.2) is 164 Å². The smallest absolute Gasteiger partial charge is 0.101 e. The van der Waals surface area contributed by atoms with Crippen molar-refractivity contribution < 1.29 is 0 Å². The van der Waals surface area contributed by atoms with Gasteiger partial charge in [0, 0.05) is 38.2 Å². The van der Waals surface area contributed by atoms with Gasteiger partial charge in [-0.3, -0.25) is 0 Å². The molecule has 2 aromatic heterocycles. The first-order chi connectivity index (χ1) is 27.4. The van der Waals surface area contributed by atoms with Gasteiger partial charge in [-0.1, -0.05) is 138 Å². The lowest BCUT2D eigenvalue weighted by Crippen LogP contribution is -2.10. The lowest BCUT2D eigenvalue weighted by atomic mass is 9.83. The Morgan fingerprint density at radius 3 is 0.929 bits per heavy atom. The molecule has 0 bridgehead atoms. The molecule has 10 aromatic rings. The maximum atomic E-state index is 11.8. The Kier molecular flexibility index (Phi) is 7.76. The topological polar surface area (TPSA) is 33.6 Å². The van der Waals surface area contributed by atoms with Crippen LogP contribution in [0.4, 0.5) is 0 Å². The number of hydrogen-bond acceptors (Lipinski definition) is 1. The first-order valence-electron chi connectivity index (χ1n) is 19.2. The zero-order chi connectivity index (χ0) is 38.1. The highest BCUT2D eigenvalue weighted by Gasteiger charge is 2.32. The maximum absolute atomic E-state index is 11.8. The number of benzene rings is 8. The van der Waals surface area contributed by atoms with Crippen molar-refractivity contribution in [2.75, 3.05) is 0 Å². The van der Waals surface area contributed by atoms with E-state index >= 15 is 0 Å². The van der Waals surface area contributed by atoms with E-state index < -0.39 is 0 Å². The summed E-state index contributed by atoms with van der Waals surface area (Å²) >= 11 is 0. The van der Waals surface area contributed by atoms with Crippen molar-refractivity contribution in [3.05, 3.63) is 192 Å². The monoisotopic (exact) mass is 717 g/mol. The minimum atomic E-state index is 0.635. The molecular formula is C53H39N3. The molecule has 0 N–H and O–H groups in total. The van der Waals surface area contributed by atoms with E-state index in [1.54, 1.807) is 0 Å². The van der Waals surface area contributed by atoms with Crippen LogP contribution in [0.1, 0.15) is 27.8 Å². The Hall–Kier alpha value is -7.15. The molecule has 0 saturated heterocycles. The Labute approximate surface area is 326 Å². The second-order valence-corrected chi connectivity index (χ2v) is 15.2. The standard InChI is InChI=1S/C53H39N3/c1-33-20-24-45-40(28-33)41-29-34(2)21-25-46(41)55(45)52-49(37-14-8-5-9-15-37)44(32-54)50(38-16-10-6-11-17-38)53(51(52)39-18-12-7-13-19-39)56-47-26-22-35(3)30-42(47)43-31-36(4)23-27-48(43)56/h5-31H,1-4H3. The van der Waals surface area contributed by atoms with Crippen molar-refractivity contribution in [3.63, 3.8) is 0 Å². The van der Waals surface area contributed by atoms with E-state index in [0.29, 0.717) is 5.56 Å². The SMILES string of the molecule is Cc1ccc2c(c1)c1cc(C)ccc1n2-c1c(-c2ccccc2)c(C#N)c(-c2ccccc2)c(-n2c3ccc(C)cc3c3cc(C)ccc32)c1-c1ccccc1. The predicted octanol–water partition coefficient (Wildman–Crippen LogP) is 14.0. The van der Waals surface area contributed by atoms with E-state index in [1.807, 2.05) is 12.1 Å². The fourth-order valence-electron chi connectivity index (χ4n) is 8.92. The normalized spacial score (nSPS) is 11.6. The fraction of sp³-hybridized carbons (Fsp3) is 0.0755. The third-order valence-electron chi connectivity index (χ3n) is 11.3. The van der Waals surface area contributed by atoms with Crippen LogP contribution in [0.3, 0.4) is 0 Å². The summed E-state index contributed by atoms with van der Waals surface area (Å²) in [5, 5.41) is 16.5. The second-order valence-electron chi connectivity index (χ2n) is 15.2. The van der Waals surface area contributed by atoms with Crippen LogP contribution in [0.2, 0.25) is 0 Å². The van der Waals surface area contributed by atoms with Gasteiger partial charge in [0.1, 0.15) is 6.07 Å². The van der Waals surface area contributed by atoms with E-state index in [9.17, 15) is 5.26 Å². The highest BCUT2D eigenvalue weighted by atomic mass is 15.0. The first-order valence-corrected chi connectivity index (χ1v) is 19.2. The van der Waals surface area contributed by atoms with Crippen molar-refractivity contribution in [3.8, 4) is 50.8 Å². The number of fused-ring (bicyclic) bond motifs is 6. The van der Waals surface area contributed by atoms with Gasteiger partial charge in [0.05, 0.1) is 39.0 Å². The van der Waals surface area contributed by atoms with Gasteiger partial charge in [-0.2, -0.15) is 5.26 Å². The molecular weight excluding hydrogens is 679 g/mol. The van der Waals surface area contributed by atoms with Crippen LogP contribution in [-0.4, -0.2) is 9.13 Å². The number of hydrogen-bond donors (Lipinski definition) is 0. The molecule has 0 aliphatic carbocycles. The summed E-state index contributed by atoms with van der Waals surface area (Å²) in [5.41, 5.74) is 17.7. The molecule has 0 aliphatic heterocycles. The molecule has 0 amide bonds. The average Bonchev–Trinajstić information content (AvgIpc) is 3.71. The molecule has 10 rings (SSSR count). The van der Waals surface area contributed by atoms with Gasteiger partial charge < -0.3 is 9.13 Å². The number of aromatic nitrogens is 2. The van der Waals surface area contributed by atoms with Crippen LogP contribution < -0.4 is 0 Å². The molecule has 0 aliphatic rings. The van der Waals surface area contributed by atoms with Gasteiger partial charge in [0.15, 0.2) is 0 Å². The van der Waals surface area contributed by atoms with Crippen molar-refractivity contribution in [2.45, 2.75) is 27.7 Å². The van der Waals surface area contributed by atoms with Crippen molar-refractivity contribution >= 4 is 43.6 Å². The van der Waals surface area contributed by atoms with Gasteiger partial charge in [0.25, 0.3) is 0 Å². The molecule has 56 heavy (non-hydrogen) atoms. The number of nitrogens with zero attached hydrogens (tertiary/aromatic N) is 3. The van der Waals surface area contributed by atoms with Crippen molar-refractivity contribution in [1.29, 1.82) is 5.26 Å². The number of aryl methyl sites for hydroxylation is 4. The van der Waals surface area contributed by atoms with Gasteiger partial charge >= 0.3 is 0 Å². The number of rotatable bonds is 5. The maximum Gasteiger partial charge on any atom is 0.101 e. The molecule has 2 heterocycles. The lowest BCUT2D eigenvalue weighted by molar-refractivity contribution is 1.13. The molecule has 0 unspecified atom stereocenters. The molecule has 0 radical (unpaired) electrons. The second kappa shape index (κ2) is 13.0. The Morgan fingerprint density at radius 2 is 0.643 bits per heavy atom. The van der Waals surface area contributed by atoms with E-state index in [2.05, 4.69) is 195 Å². The summed E-state index contributed by atoms with van der Waals surface area (Å²) in [7, 11) is 0. The van der Waals surface area contributed by atoms with E-state index in [1.165, 1.54) is 43.8 Å². The summed E-state index contributed by atoms with van der Waals surface area (Å²) < 4.78 is 4.88. The molecule has 266 valence electrons. The van der Waals surface area contributed by atoms with Crippen molar-refractivity contribution in [1.82, 2.24) is 9.13 Å². The summed E-state index contributed by atoms with van der Waals surface area (Å²) in [6.07, 6.45) is 0. The number of nitriles is 1. The quantitative estimate of drug-likeness (QED) is 0.174. The summed E-state index contributed by atoms with van der Waals surface area (Å²) in [6, 6.07) is 61.7. The predicted molar refractivity (Wildman–Crippen MR) is 235 cm³/mol. The molecule has 8 aromatic carbocycles. The molecule has 3 heteroatoms. The molecule has 0 spiro atoms. The van der Waals surface area contributed by atoms with Gasteiger partial charge in [0.2, 0.25) is 0 Å². The van der Waals surface area contributed by atoms with Crippen LogP contribution >= 0.6 is 0 Å². The van der Waals surface area contributed by atoms with E-state index in [-0.39, 0.29) is 0 Å². The van der Waals surface area contributed by atoms with Gasteiger partial charge in [-0.25, -0.2) is 0 Å². The summed E-state index contributed by atoms with van der Waals surface area (Å²) in [5.74, 6) is 0. The van der Waals surface area contributed by atoms with E-state index in [0.717, 1.165) is 66.8 Å². The zero-order valence-corrected chi connectivity index (χ0v) is 31.9. The fourth-order valence-corrected chi connectivity index (χ4v) is 8.92. The molecule has 0 atom stereocenters. The first kappa shape index (κ1) is 33.4. The third kappa shape index (κ3) is 5.11. The molecule has 0 fully saturated rings. The average molecular weight is 718 g/mol. The van der Waals surface area contributed by atoms with Crippen LogP contribution in [0.5, 0.6) is 0 Å². The third-order valence-corrected chi connectivity index (χ3v) is 11.3. The minimum Gasteiger partial charge on any atom is -0.308 e. The van der Waals surface area contributed by atoms with Crippen LogP contribution in [-0.2, 0) is 0 Å². The van der Waals surface area contributed by atoms with Crippen LogP contribution in [0, 0.1) is 39.0 Å². The zero-order valence-electron chi connectivity index (χ0n) is 31.9. The van der Waals surface area contributed by atoms with Gasteiger partial charge in [-0.15, -0.1) is 0 Å². The Bertz CT molecular complexity index is 2900. The minimum absolute atomic E-state index is 0.635. The van der Waals surface area contributed by atoms with Gasteiger partial charge in [-0.05, 0) is 92.9 Å². The van der Waals surface area contributed by atoms with Crippen molar-refractivity contribution in [2.24, 2.45) is 0 Å². The van der Waals surface area contributed by atoms with Crippen LogP contribution in [0.25, 0.3) is 88.4 Å². The van der Waals surface area contributed by atoms with E-state index in [4.69, 9.17) is 0 Å². The summed E-state index contributed by atoms with van der Waals surface area (Å²) in [4.78, 5) is 0. The Morgan fingerprint density at radius 1 is 0.357 bits per heavy atom. The molecule has 0 saturated carbocycles. The Balaban J connectivity index is 1.56. The largest absolute Gasteiger partial charge is 0.308 e. The molecule has 3 nitrogen and oxygen atoms in total. The highest BCUT2D eigenvalue weighted by Crippen LogP contribution is 2.52. The highest BCUT2D eigenvalue weighted by molar-refractivity contribution is 6.15.